The van der Waals surface area contributed by atoms with Crippen molar-refractivity contribution in [2.75, 3.05) is 13.1 Å². The molecule has 1 aliphatic heterocycles. The summed E-state index contributed by atoms with van der Waals surface area (Å²) in [4.78, 5) is 26.2. The molecule has 39 heavy (non-hydrogen) atoms. The first kappa shape index (κ1) is 26.5. The number of ketones is 1. The average Bonchev–Trinajstić information content (AvgIpc) is 3.24. The molecule has 0 aliphatic carbocycles. The minimum absolute atomic E-state index is 0.0688. The van der Waals surface area contributed by atoms with Crippen molar-refractivity contribution in [1.29, 1.82) is 0 Å². The van der Waals surface area contributed by atoms with E-state index in [4.69, 9.17) is 0 Å². The molecule has 0 spiro atoms. The Labute approximate surface area is 225 Å². The summed E-state index contributed by atoms with van der Waals surface area (Å²) in [6.07, 6.45) is 5.85. The van der Waals surface area contributed by atoms with E-state index in [1.165, 1.54) is 59.1 Å². The number of halogens is 1. The van der Waals surface area contributed by atoms with Crippen LogP contribution in [-0.4, -0.2) is 48.1 Å². The van der Waals surface area contributed by atoms with Crippen molar-refractivity contribution < 1.29 is 22.4 Å². The molecule has 0 radical (unpaired) electrons. The van der Waals surface area contributed by atoms with Crippen LogP contribution in [0, 0.1) is 12.7 Å². The molecule has 1 N–H and O–H groups in total. The van der Waals surface area contributed by atoms with Crippen LogP contribution < -0.4 is 5.43 Å². The molecular formula is C29H27FN4O4S. The lowest BCUT2D eigenvalue weighted by atomic mass is 10.0. The van der Waals surface area contributed by atoms with E-state index in [1.54, 1.807) is 23.6 Å². The highest BCUT2D eigenvalue weighted by atomic mass is 32.2. The molecule has 8 nitrogen and oxygen atoms in total. The molecule has 10 heteroatoms. The summed E-state index contributed by atoms with van der Waals surface area (Å²) >= 11 is 0. The van der Waals surface area contributed by atoms with Crippen molar-refractivity contribution in [2.24, 2.45) is 5.10 Å². The zero-order chi connectivity index (χ0) is 27.6. The maximum atomic E-state index is 13.4. The van der Waals surface area contributed by atoms with Crippen molar-refractivity contribution >= 4 is 33.4 Å². The molecular weight excluding hydrogens is 519 g/mol. The van der Waals surface area contributed by atoms with E-state index in [9.17, 15) is 22.4 Å². The fourth-order valence-corrected chi connectivity index (χ4v) is 6.37. The summed E-state index contributed by atoms with van der Waals surface area (Å²) in [5.74, 6) is -1.27. The third-order valence-corrected chi connectivity index (χ3v) is 8.76. The second kappa shape index (κ2) is 10.9. The number of carbonyl (C=O) groups excluding carboxylic acids is 2. The zero-order valence-corrected chi connectivity index (χ0v) is 22.1. The molecule has 1 aliphatic rings. The van der Waals surface area contributed by atoms with Gasteiger partial charge in [-0.3, -0.25) is 9.59 Å². The quantitative estimate of drug-likeness (QED) is 0.209. The predicted molar refractivity (Wildman–Crippen MR) is 146 cm³/mol. The van der Waals surface area contributed by atoms with Crippen LogP contribution in [0.25, 0.3) is 5.52 Å². The van der Waals surface area contributed by atoms with Gasteiger partial charge in [-0.1, -0.05) is 18.6 Å². The maximum Gasteiger partial charge on any atom is 0.271 e. The lowest BCUT2D eigenvalue weighted by Gasteiger charge is -2.25. The average molecular weight is 547 g/mol. The number of sulfonamides is 1. The highest BCUT2D eigenvalue weighted by Gasteiger charge is 2.26. The molecule has 1 amide bonds. The molecule has 4 aromatic rings. The van der Waals surface area contributed by atoms with Crippen LogP contribution in [0.3, 0.4) is 0 Å². The molecule has 1 saturated heterocycles. The number of hydrazone groups is 1. The maximum absolute atomic E-state index is 13.4. The summed E-state index contributed by atoms with van der Waals surface area (Å²) in [6, 6.07) is 16.7. The third kappa shape index (κ3) is 5.25. The Hall–Kier alpha value is -4.15. The first-order chi connectivity index (χ1) is 18.8. The standard InChI is InChI=1S/C29H27FN4O4S/c1-20-25(26-10-3-6-17-34(26)27(20)28(35)21-11-13-23(30)14-12-21)19-31-32-29(36)22-8-7-9-24(18-22)39(37,38)33-15-4-2-5-16-33/h3,6-14,17-19H,2,4-5,15-16H2,1H3,(H,32,36)/b31-19-. The van der Waals surface area contributed by atoms with E-state index in [2.05, 4.69) is 10.5 Å². The summed E-state index contributed by atoms with van der Waals surface area (Å²) < 4.78 is 42.6. The van der Waals surface area contributed by atoms with Crippen molar-refractivity contribution in [3.05, 3.63) is 107 Å². The minimum Gasteiger partial charge on any atom is -0.313 e. The van der Waals surface area contributed by atoms with Crippen molar-refractivity contribution in [2.45, 2.75) is 31.1 Å². The Kier molecular flexibility index (Phi) is 7.40. The van der Waals surface area contributed by atoms with E-state index in [1.807, 2.05) is 12.1 Å². The highest BCUT2D eigenvalue weighted by Crippen LogP contribution is 2.25. The van der Waals surface area contributed by atoms with Gasteiger partial charge in [-0.25, -0.2) is 18.2 Å². The van der Waals surface area contributed by atoms with Gasteiger partial charge in [0.25, 0.3) is 5.91 Å². The molecule has 0 saturated carbocycles. The number of nitrogens with one attached hydrogen (secondary N) is 1. The van der Waals surface area contributed by atoms with Gasteiger partial charge < -0.3 is 4.40 Å². The number of amides is 1. The van der Waals surface area contributed by atoms with Crippen LogP contribution >= 0.6 is 0 Å². The number of hydrogen-bond donors (Lipinski definition) is 1. The normalized spacial score (nSPS) is 14.6. The molecule has 3 heterocycles. The Balaban J connectivity index is 1.39. The fourth-order valence-electron chi connectivity index (χ4n) is 4.81. The lowest BCUT2D eigenvalue weighted by molar-refractivity contribution is 0.0954. The first-order valence-corrected chi connectivity index (χ1v) is 14.0. The molecule has 0 atom stereocenters. The summed E-state index contributed by atoms with van der Waals surface area (Å²) in [6.45, 7) is 2.72. The zero-order valence-electron chi connectivity index (χ0n) is 21.3. The molecule has 200 valence electrons. The van der Waals surface area contributed by atoms with Crippen LogP contribution in [0.2, 0.25) is 0 Å². The minimum atomic E-state index is -3.68. The summed E-state index contributed by atoms with van der Waals surface area (Å²) in [7, 11) is -3.68. The first-order valence-electron chi connectivity index (χ1n) is 12.6. The van der Waals surface area contributed by atoms with Crippen LogP contribution in [0.5, 0.6) is 0 Å². The fraction of sp³-hybridized carbons (Fsp3) is 0.207. The largest absolute Gasteiger partial charge is 0.313 e. The monoisotopic (exact) mass is 546 g/mol. The lowest BCUT2D eigenvalue weighted by Crippen LogP contribution is -2.35. The Bertz CT molecular complexity index is 1690. The van der Waals surface area contributed by atoms with Crippen molar-refractivity contribution in [1.82, 2.24) is 14.1 Å². The Morgan fingerprint density at radius 1 is 0.949 bits per heavy atom. The number of nitrogens with zero attached hydrogens (tertiary/aromatic N) is 3. The van der Waals surface area contributed by atoms with Gasteiger partial charge in [0.2, 0.25) is 15.8 Å². The third-order valence-electron chi connectivity index (χ3n) is 6.87. The second-order valence-electron chi connectivity index (χ2n) is 9.37. The number of aromatic nitrogens is 1. The van der Waals surface area contributed by atoms with Gasteiger partial charge in [0, 0.05) is 36.0 Å². The summed E-state index contributed by atoms with van der Waals surface area (Å²) in [5, 5.41) is 4.11. The van der Waals surface area contributed by atoms with Gasteiger partial charge >= 0.3 is 0 Å². The smallest absolute Gasteiger partial charge is 0.271 e. The van der Waals surface area contributed by atoms with Crippen LogP contribution in [0.1, 0.15) is 56.8 Å². The van der Waals surface area contributed by atoms with Gasteiger partial charge in [0.15, 0.2) is 0 Å². The Morgan fingerprint density at radius 2 is 1.69 bits per heavy atom. The van der Waals surface area contributed by atoms with E-state index in [0.29, 0.717) is 41.0 Å². The number of benzene rings is 2. The number of pyridine rings is 1. The molecule has 2 aromatic heterocycles. The van der Waals surface area contributed by atoms with Gasteiger partial charge in [-0.05, 0) is 79.9 Å². The van der Waals surface area contributed by atoms with Crippen LogP contribution in [0.4, 0.5) is 4.39 Å². The summed E-state index contributed by atoms with van der Waals surface area (Å²) in [5.41, 5.74) is 5.34. The van der Waals surface area contributed by atoms with Crippen LogP contribution in [0.15, 0.2) is 82.9 Å². The SMILES string of the molecule is Cc1c(/C=N\NC(=O)c2cccc(S(=O)(=O)N3CCCCC3)c2)c2ccccn2c1C(=O)c1ccc(F)cc1. The van der Waals surface area contributed by atoms with Crippen LogP contribution in [-0.2, 0) is 10.0 Å². The second-order valence-corrected chi connectivity index (χ2v) is 11.3. The molecule has 5 rings (SSSR count). The van der Waals surface area contributed by atoms with Gasteiger partial charge in [-0.15, -0.1) is 0 Å². The molecule has 0 unspecified atom stereocenters. The number of piperidine rings is 1. The van der Waals surface area contributed by atoms with Crippen molar-refractivity contribution in [3.63, 3.8) is 0 Å². The number of hydrogen-bond acceptors (Lipinski definition) is 5. The van der Waals surface area contributed by atoms with Gasteiger partial charge in [-0.2, -0.15) is 9.41 Å². The topological polar surface area (TPSA) is 100 Å². The van der Waals surface area contributed by atoms with E-state index in [0.717, 1.165) is 19.3 Å². The predicted octanol–water partition coefficient (Wildman–Crippen LogP) is 4.56. The van der Waals surface area contributed by atoms with Gasteiger partial charge in [0.1, 0.15) is 5.82 Å². The van der Waals surface area contributed by atoms with Crippen molar-refractivity contribution in [3.8, 4) is 0 Å². The van der Waals surface area contributed by atoms with E-state index < -0.39 is 21.7 Å². The number of carbonyl (C=O) groups is 2. The van der Waals surface area contributed by atoms with Gasteiger partial charge in [0.05, 0.1) is 22.3 Å². The molecule has 0 bridgehead atoms. The molecule has 1 fully saturated rings. The molecule has 2 aromatic carbocycles. The highest BCUT2D eigenvalue weighted by molar-refractivity contribution is 7.89. The number of fused-ring (bicyclic) bond motifs is 1. The number of rotatable bonds is 7. The Morgan fingerprint density at radius 3 is 2.44 bits per heavy atom. The van der Waals surface area contributed by atoms with E-state index >= 15 is 0 Å². The van der Waals surface area contributed by atoms with E-state index in [-0.39, 0.29) is 16.2 Å².